The molecule has 1 unspecified atom stereocenters. The van der Waals surface area contributed by atoms with Gasteiger partial charge < -0.3 is 4.57 Å². The van der Waals surface area contributed by atoms with Gasteiger partial charge in [-0.25, -0.2) is 10.4 Å². The van der Waals surface area contributed by atoms with E-state index in [0.29, 0.717) is 0 Å². The molecule has 19 heavy (non-hydrogen) atoms. The van der Waals surface area contributed by atoms with Crippen molar-refractivity contribution in [2.45, 2.75) is 6.04 Å². The van der Waals surface area contributed by atoms with Gasteiger partial charge in [0.25, 0.3) is 0 Å². The Labute approximate surface area is 111 Å². The minimum Gasteiger partial charge on any atom is -0.340 e. The van der Waals surface area contributed by atoms with Crippen molar-refractivity contribution >= 4 is 10.8 Å². The topological polar surface area (TPSA) is 55.9 Å². The molecule has 0 saturated heterocycles. The first-order chi connectivity index (χ1) is 9.29. The lowest BCUT2D eigenvalue weighted by atomic mass is 9.97. The van der Waals surface area contributed by atoms with Crippen LogP contribution in [-0.4, -0.2) is 9.55 Å². The number of nitrogens with two attached hydrogens (primary N) is 1. The summed E-state index contributed by atoms with van der Waals surface area (Å²) < 4.78 is 1.92. The van der Waals surface area contributed by atoms with E-state index >= 15 is 0 Å². The first-order valence-corrected chi connectivity index (χ1v) is 6.21. The number of aryl methyl sites for hydroxylation is 1. The fourth-order valence-corrected chi connectivity index (χ4v) is 2.42. The van der Waals surface area contributed by atoms with Gasteiger partial charge in [-0.1, -0.05) is 42.5 Å². The molecule has 4 heteroatoms. The molecule has 1 heterocycles. The van der Waals surface area contributed by atoms with Gasteiger partial charge >= 0.3 is 0 Å². The molecular weight excluding hydrogens is 236 g/mol. The van der Waals surface area contributed by atoms with E-state index in [1.165, 1.54) is 10.8 Å². The first kappa shape index (κ1) is 11.9. The van der Waals surface area contributed by atoms with E-state index in [-0.39, 0.29) is 6.04 Å². The number of nitrogens with zero attached hydrogens (tertiary/aromatic N) is 2. The average molecular weight is 252 g/mol. The second-order valence-electron chi connectivity index (χ2n) is 4.63. The lowest BCUT2D eigenvalue weighted by molar-refractivity contribution is 0.627. The molecule has 0 spiro atoms. The summed E-state index contributed by atoms with van der Waals surface area (Å²) in [5, 5.41) is 2.40. The molecule has 1 aromatic heterocycles. The predicted octanol–water partition coefficient (Wildman–Crippen LogP) is 2.13. The maximum absolute atomic E-state index is 5.74. The van der Waals surface area contributed by atoms with Gasteiger partial charge in [-0.05, 0) is 16.3 Å². The van der Waals surface area contributed by atoms with Crippen LogP contribution in [0.2, 0.25) is 0 Å². The maximum atomic E-state index is 5.74. The normalized spacial score (nSPS) is 12.7. The Balaban J connectivity index is 2.16. The van der Waals surface area contributed by atoms with E-state index in [0.717, 1.165) is 11.3 Å². The van der Waals surface area contributed by atoms with E-state index in [4.69, 9.17) is 5.84 Å². The quantitative estimate of drug-likeness (QED) is 0.554. The summed E-state index contributed by atoms with van der Waals surface area (Å²) in [7, 11) is 1.95. The van der Waals surface area contributed by atoms with Crippen molar-refractivity contribution in [3.05, 3.63) is 66.2 Å². The van der Waals surface area contributed by atoms with Gasteiger partial charge in [-0.15, -0.1) is 0 Å². The molecule has 0 aliphatic heterocycles. The smallest absolute Gasteiger partial charge is 0.0947 e. The Hall–Kier alpha value is -2.17. The van der Waals surface area contributed by atoms with Crippen molar-refractivity contribution in [1.29, 1.82) is 0 Å². The van der Waals surface area contributed by atoms with Gasteiger partial charge in [0.05, 0.1) is 18.1 Å². The van der Waals surface area contributed by atoms with Crippen LogP contribution in [0.5, 0.6) is 0 Å². The zero-order valence-electron chi connectivity index (χ0n) is 10.7. The second-order valence-corrected chi connectivity index (χ2v) is 4.63. The summed E-state index contributed by atoms with van der Waals surface area (Å²) in [6.45, 7) is 0. The third-order valence-corrected chi connectivity index (χ3v) is 3.32. The highest BCUT2D eigenvalue weighted by atomic mass is 15.2. The molecule has 3 rings (SSSR count). The standard InChI is InChI=1S/C15H16N4/c1-19-9-14(17-10-19)15(18-16)13-8-4-6-11-5-2-3-7-12(11)13/h2-10,15,18H,16H2,1H3. The summed E-state index contributed by atoms with van der Waals surface area (Å²) in [4.78, 5) is 4.39. The van der Waals surface area contributed by atoms with Crippen LogP contribution in [0.1, 0.15) is 17.3 Å². The Bertz CT molecular complexity index is 697. The predicted molar refractivity (Wildman–Crippen MR) is 76.3 cm³/mol. The fraction of sp³-hybridized carbons (Fsp3) is 0.133. The largest absolute Gasteiger partial charge is 0.340 e. The highest BCUT2D eigenvalue weighted by Crippen LogP contribution is 2.27. The molecule has 3 N–H and O–H groups in total. The van der Waals surface area contributed by atoms with Crippen LogP contribution in [0.4, 0.5) is 0 Å². The van der Waals surface area contributed by atoms with E-state index in [1.54, 1.807) is 6.33 Å². The second kappa shape index (κ2) is 4.84. The van der Waals surface area contributed by atoms with Gasteiger partial charge in [-0.3, -0.25) is 5.84 Å². The van der Waals surface area contributed by atoms with Gasteiger partial charge in [-0.2, -0.15) is 0 Å². The Morgan fingerprint density at radius 1 is 1.16 bits per heavy atom. The zero-order valence-corrected chi connectivity index (χ0v) is 10.7. The van der Waals surface area contributed by atoms with E-state index in [1.807, 2.05) is 36.0 Å². The highest BCUT2D eigenvalue weighted by Gasteiger charge is 2.17. The molecule has 0 saturated carbocycles. The number of rotatable bonds is 3. The Morgan fingerprint density at radius 2 is 1.95 bits per heavy atom. The number of imidazole rings is 1. The SMILES string of the molecule is Cn1cnc(C(NN)c2cccc3ccccc23)c1. The van der Waals surface area contributed by atoms with Crippen LogP contribution in [0.25, 0.3) is 10.8 Å². The molecule has 0 fully saturated rings. The van der Waals surface area contributed by atoms with Crippen molar-refractivity contribution in [3.8, 4) is 0 Å². The molecule has 0 aliphatic carbocycles. The van der Waals surface area contributed by atoms with Gasteiger partial charge in [0.15, 0.2) is 0 Å². The van der Waals surface area contributed by atoms with Crippen LogP contribution in [-0.2, 0) is 7.05 Å². The number of hydrogen-bond acceptors (Lipinski definition) is 3. The third-order valence-electron chi connectivity index (χ3n) is 3.32. The number of hydrazine groups is 1. The monoisotopic (exact) mass is 252 g/mol. The minimum absolute atomic E-state index is 0.104. The van der Waals surface area contributed by atoms with Crippen LogP contribution in [0.3, 0.4) is 0 Å². The van der Waals surface area contributed by atoms with Crippen LogP contribution >= 0.6 is 0 Å². The summed E-state index contributed by atoms with van der Waals surface area (Å²) >= 11 is 0. The van der Waals surface area contributed by atoms with Crippen LogP contribution < -0.4 is 11.3 Å². The zero-order chi connectivity index (χ0) is 13.2. The van der Waals surface area contributed by atoms with Crippen molar-refractivity contribution in [2.75, 3.05) is 0 Å². The molecule has 4 nitrogen and oxygen atoms in total. The molecule has 3 aromatic rings. The lowest BCUT2D eigenvalue weighted by Crippen LogP contribution is -2.29. The van der Waals surface area contributed by atoms with Crippen molar-refractivity contribution in [2.24, 2.45) is 12.9 Å². The van der Waals surface area contributed by atoms with Crippen LogP contribution in [0, 0.1) is 0 Å². The van der Waals surface area contributed by atoms with E-state index < -0.39 is 0 Å². The molecule has 0 bridgehead atoms. The summed E-state index contributed by atoms with van der Waals surface area (Å²) in [6.07, 6.45) is 3.76. The Morgan fingerprint density at radius 3 is 2.68 bits per heavy atom. The highest BCUT2D eigenvalue weighted by molar-refractivity contribution is 5.86. The third kappa shape index (κ3) is 2.12. The number of hydrogen-bond donors (Lipinski definition) is 2. The maximum Gasteiger partial charge on any atom is 0.0947 e. The summed E-state index contributed by atoms with van der Waals surface area (Å²) in [5.74, 6) is 5.74. The van der Waals surface area contributed by atoms with Crippen molar-refractivity contribution in [1.82, 2.24) is 15.0 Å². The van der Waals surface area contributed by atoms with Crippen molar-refractivity contribution in [3.63, 3.8) is 0 Å². The van der Waals surface area contributed by atoms with Crippen LogP contribution in [0.15, 0.2) is 55.0 Å². The minimum atomic E-state index is -0.104. The van der Waals surface area contributed by atoms with Crippen molar-refractivity contribution < 1.29 is 0 Å². The number of aromatic nitrogens is 2. The molecule has 2 aromatic carbocycles. The number of nitrogens with one attached hydrogen (secondary N) is 1. The average Bonchev–Trinajstić information content (AvgIpc) is 2.86. The molecular formula is C15H16N4. The van der Waals surface area contributed by atoms with Gasteiger partial charge in [0.1, 0.15) is 0 Å². The van der Waals surface area contributed by atoms with E-state index in [2.05, 4.69) is 34.7 Å². The first-order valence-electron chi connectivity index (χ1n) is 6.21. The van der Waals surface area contributed by atoms with Gasteiger partial charge in [0.2, 0.25) is 0 Å². The number of fused-ring (bicyclic) bond motifs is 1. The summed E-state index contributed by atoms with van der Waals surface area (Å²) in [6, 6.07) is 14.4. The molecule has 96 valence electrons. The molecule has 1 atom stereocenters. The fourth-order valence-electron chi connectivity index (χ4n) is 2.42. The number of benzene rings is 2. The lowest BCUT2D eigenvalue weighted by Gasteiger charge is -2.16. The Kier molecular flexibility index (Phi) is 3.03. The van der Waals surface area contributed by atoms with Gasteiger partial charge in [0, 0.05) is 13.2 Å². The molecule has 0 aliphatic rings. The molecule has 0 amide bonds. The molecule has 0 radical (unpaired) electrons. The van der Waals surface area contributed by atoms with E-state index in [9.17, 15) is 0 Å². The summed E-state index contributed by atoms with van der Waals surface area (Å²) in [5.41, 5.74) is 4.92.